The van der Waals surface area contributed by atoms with Gasteiger partial charge < -0.3 is 10.4 Å². The normalized spacial score (nSPS) is 10.1. The molecule has 0 atom stereocenters. The summed E-state index contributed by atoms with van der Waals surface area (Å²) < 4.78 is 13.1. The third kappa shape index (κ3) is 2.66. The van der Waals surface area contributed by atoms with Crippen LogP contribution in [0.15, 0.2) is 42.5 Å². The van der Waals surface area contributed by atoms with Gasteiger partial charge in [0.15, 0.2) is 0 Å². The molecule has 0 aliphatic carbocycles. The van der Waals surface area contributed by atoms with Crippen molar-refractivity contribution in [1.29, 1.82) is 0 Å². The minimum absolute atomic E-state index is 0.157. The summed E-state index contributed by atoms with van der Waals surface area (Å²) in [5.74, 6) is -1.39. The van der Waals surface area contributed by atoms with E-state index in [1.54, 1.807) is 24.3 Å². The summed E-state index contributed by atoms with van der Waals surface area (Å²) >= 11 is 0. The van der Waals surface area contributed by atoms with E-state index in [1.807, 2.05) is 6.92 Å². The molecule has 2 rings (SSSR count). The SMILES string of the molecule is Cc1ccc(C(=O)O)c(Nc2cccc(F)c2)c1. The largest absolute Gasteiger partial charge is 0.478 e. The zero-order valence-corrected chi connectivity index (χ0v) is 9.77. The van der Waals surface area contributed by atoms with Crippen LogP contribution in [0.25, 0.3) is 0 Å². The number of carboxylic acid groups (broad SMARTS) is 1. The molecule has 0 spiro atoms. The Morgan fingerprint density at radius 3 is 2.67 bits per heavy atom. The minimum atomic E-state index is -1.02. The first-order chi connectivity index (χ1) is 8.56. The quantitative estimate of drug-likeness (QED) is 0.869. The van der Waals surface area contributed by atoms with Crippen LogP contribution in [0.5, 0.6) is 0 Å². The van der Waals surface area contributed by atoms with Crippen molar-refractivity contribution >= 4 is 17.3 Å². The Kier molecular flexibility index (Phi) is 3.28. The number of benzene rings is 2. The third-order valence-electron chi connectivity index (χ3n) is 2.51. The first-order valence-electron chi connectivity index (χ1n) is 5.43. The smallest absolute Gasteiger partial charge is 0.337 e. The van der Waals surface area contributed by atoms with Crippen molar-refractivity contribution in [3.8, 4) is 0 Å². The van der Waals surface area contributed by atoms with Gasteiger partial charge in [0.25, 0.3) is 0 Å². The fourth-order valence-electron chi connectivity index (χ4n) is 1.67. The Balaban J connectivity index is 2.39. The van der Waals surface area contributed by atoms with Crippen molar-refractivity contribution < 1.29 is 14.3 Å². The lowest BCUT2D eigenvalue weighted by atomic mass is 10.1. The highest BCUT2D eigenvalue weighted by molar-refractivity contribution is 5.95. The maximum atomic E-state index is 13.1. The number of rotatable bonds is 3. The van der Waals surface area contributed by atoms with Crippen LogP contribution >= 0.6 is 0 Å². The van der Waals surface area contributed by atoms with Gasteiger partial charge in [-0.25, -0.2) is 9.18 Å². The molecule has 3 nitrogen and oxygen atoms in total. The van der Waals surface area contributed by atoms with E-state index in [-0.39, 0.29) is 11.4 Å². The van der Waals surface area contributed by atoms with E-state index >= 15 is 0 Å². The molecule has 2 N–H and O–H groups in total. The lowest BCUT2D eigenvalue weighted by molar-refractivity contribution is 0.0698. The van der Waals surface area contributed by atoms with Crippen LogP contribution in [0.1, 0.15) is 15.9 Å². The van der Waals surface area contributed by atoms with Crippen LogP contribution < -0.4 is 5.32 Å². The van der Waals surface area contributed by atoms with Crippen molar-refractivity contribution in [3.05, 3.63) is 59.4 Å². The van der Waals surface area contributed by atoms with Gasteiger partial charge in [-0.05, 0) is 42.8 Å². The highest BCUT2D eigenvalue weighted by Crippen LogP contribution is 2.22. The summed E-state index contributed by atoms with van der Waals surface area (Å²) in [4.78, 5) is 11.1. The van der Waals surface area contributed by atoms with Gasteiger partial charge in [0.2, 0.25) is 0 Å². The maximum Gasteiger partial charge on any atom is 0.337 e. The molecule has 0 aromatic heterocycles. The van der Waals surface area contributed by atoms with Crippen LogP contribution in [0.3, 0.4) is 0 Å². The van der Waals surface area contributed by atoms with Crippen molar-refractivity contribution in [2.24, 2.45) is 0 Å². The molecular weight excluding hydrogens is 233 g/mol. The Morgan fingerprint density at radius 2 is 2.00 bits per heavy atom. The number of aryl methyl sites for hydroxylation is 1. The first kappa shape index (κ1) is 12.1. The van der Waals surface area contributed by atoms with Gasteiger partial charge in [-0.2, -0.15) is 0 Å². The number of carbonyl (C=O) groups is 1. The van der Waals surface area contributed by atoms with Gasteiger partial charge in [0.05, 0.1) is 11.3 Å². The monoisotopic (exact) mass is 245 g/mol. The van der Waals surface area contributed by atoms with Crippen LogP contribution in [0.4, 0.5) is 15.8 Å². The van der Waals surface area contributed by atoms with E-state index in [4.69, 9.17) is 5.11 Å². The van der Waals surface area contributed by atoms with E-state index in [0.29, 0.717) is 11.4 Å². The Labute approximate surface area is 104 Å². The lowest BCUT2D eigenvalue weighted by Crippen LogP contribution is -2.03. The van der Waals surface area contributed by atoms with Gasteiger partial charge in [-0.3, -0.25) is 0 Å². The summed E-state index contributed by atoms with van der Waals surface area (Å²) in [7, 11) is 0. The second kappa shape index (κ2) is 4.87. The van der Waals surface area contributed by atoms with Gasteiger partial charge in [-0.1, -0.05) is 12.1 Å². The molecule has 0 heterocycles. The first-order valence-corrected chi connectivity index (χ1v) is 5.43. The zero-order valence-electron chi connectivity index (χ0n) is 9.77. The number of hydrogen-bond acceptors (Lipinski definition) is 2. The fraction of sp³-hybridized carbons (Fsp3) is 0.0714. The molecular formula is C14H12FNO2. The van der Waals surface area contributed by atoms with Crippen LogP contribution in [0, 0.1) is 12.7 Å². The average Bonchev–Trinajstić information content (AvgIpc) is 2.28. The lowest BCUT2D eigenvalue weighted by Gasteiger charge is -2.10. The van der Waals surface area contributed by atoms with Crippen molar-refractivity contribution in [2.45, 2.75) is 6.92 Å². The molecule has 0 aliphatic heterocycles. The van der Waals surface area contributed by atoms with Gasteiger partial charge in [0, 0.05) is 5.69 Å². The standard InChI is InChI=1S/C14H12FNO2/c1-9-5-6-12(14(17)18)13(7-9)16-11-4-2-3-10(15)8-11/h2-8,16H,1H3,(H,17,18). The predicted octanol–water partition coefficient (Wildman–Crippen LogP) is 3.58. The summed E-state index contributed by atoms with van der Waals surface area (Å²) in [5, 5.41) is 12.0. The average molecular weight is 245 g/mol. The number of halogens is 1. The predicted molar refractivity (Wildman–Crippen MR) is 67.8 cm³/mol. The van der Waals surface area contributed by atoms with Gasteiger partial charge in [0.1, 0.15) is 5.82 Å². The topological polar surface area (TPSA) is 49.3 Å². The Hall–Kier alpha value is -2.36. The van der Waals surface area contributed by atoms with Crippen LogP contribution in [-0.2, 0) is 0 Å². The van der Waals surface area contributed by atoms with E-state index < -0.39 is 5.97 Å². The fourth-order valence-corrected chi connectivity index (χ4v) is 1.67. The number of hydrogen-bond donors (Lipinski definition) is 2. The van der Waals surface area contributed by atoms with Gasteiger partial charge >= 0.3 is 5.97 Å². The highest BCUT2D eigenvalue weighted by Gasteiger charge is 2.10. The molecule has 0 saturated carbocycles. The van der Waals surface area contributed by atoms with Gasteiger partial charge in [-0.15, -0.1) is 0 Å². The third-order valence-corrected chi connectivity index (χ3v) is 2.51. The number of carboxylic acids is 1. The maximum absolute atomic E-state index is 13.1. The molecule has 0 amide bonds. The molecule has 2 aromatic carbocycles. The number of aromatic carboxylic acids is 1. The molecule has 92 valence electrons. The molecule has 0 aliphatic rings. The summed E-state index contributed by atoms with van der Waals surface area (Å²) in [5.41, 5.74) is 2.06. The second-order valence-electron chi connectivity index (χ2n) is 3.99. The van der Waals surface area contributed by atoms with E-state index in [9.17, 15) is 9.18 Å². The zero-order chi connectivity index (χ0) is 13.1. The van der Waals surface area contributed by atoms with Crippen molar-refractivity contribution in [2.75, 3.05) is 5.32 Å². The minimum Gasteiger partial charge on any atom is -0.478 e. The molecule has 4 heteroatoms. The Bertz CT molecular complexity index is 596. The van der Waals surface area contributed by atoms with Crippen molar-refractivity contribution in [1.82, 2.24) is 0 Å². The molecule has 2 aromatic rings. The molecule has 0 radical (unpaired) electrons. The van der Waals surface area contributed by atoms with E-state index in [2.05, 4.69) is 5.32 Å². The highest BCUT2D eigenvalue weighted by atomic mass is 19.1. The molecule has 0 unspecified atom stereocenters. The number of anilines is 2. The van der Waals surface area contributed by atoms with Crippen molar-refractivity contribution in [3.63, 3.8) is 0 Å². The van der Waals surface area contributed by atoms with Crippen LogP contribution in [0.2, 0.25) is 0 Å². The second-order valence-corrected chi connectivity index (χ2v) is 3.99. The molecule has 0 saturated heterocycles. The van der Waals surface area contributed by atoms with Crippen LogP contribution in [-0.4, -0.2) is 11.1 Å². The molecule has 0 fully saturated rings. The summed E-state index contributed by atoms with van der Waals surface area (Å²) in [6.45, 7) is 1.86. The summed E-state index contributed by atoms with van der Waals surface area (Å²) in [6, 6.07) is 10.9. The van der Waals surface area contributed by atoms with E-state index in [0.717, 1.165) is 5.56 Å². The van der Waals surface area contributed by atoms with E-state index in [1.165, 1.54) is 18.2 Å². The molecule has 18 heavy (non-hydrogen) atoms. The Morgan fingerprint density at radius 1 is 1.22 bits per heavy atom. The molecule has 0 bridgehead atoms. The summed E-state index contributed by atoms with van der Waals surface area (Å²) in [6.07, 6.45) is 0. The number of nitrogens with one attached hydrogen (secondary N) is 1.